The van der Waals surface area contributed by atoms with Gasteiger partial charge in [0.15, 0.2) is 5.58 Å². The Morgan fingerprint density at radius 1 is 1.07 bits per heavy atom. The number of aromatic nitrogens is 1. The number of aryl methyl sites for hydroxylation is 1. The molecule has 0 aliphatic rings. The second-order valence-corrected chi connectivity index (χ2v) is 6.10. The van der Waals surface area contributed by atoms with Crippen LogP contribution in [0.2, 0.25) is 0 Å². The Morgan fingerprint density at radius 2 is 1.85 bits per heavy atom. The average Bonchev–Trinajstić information content (AvgIpc) is 3.13. The molecule has 0 unspecified atom stereocenters. The zero-order chi connectivity index (χ0) is 18.8. The Bertz CT molecular complexity index is 1160. The summed E-state index contributed by atoms with van der Waals surface area (Å²) in [4.78, 5) is 19.3. The summed E-state index contributed by atoms with van der Waals surface area (Å²) in [6.45, 7) is 2.00. The first-order valence-electron chi connectivity index (χ1n) is 8.35. The lowest BCUT2D eigenvalue weighted by molar-refractivity contribution is -0.384. The highest BCUT2D eigenvalue weighted by molar-refractivity contribution is 5.83. The minimum atomic E-state index is -0.424. The summed E-state index contributed by atoms with van der Waals surface area (Å²) in [7, 11) is 0. The molecule has 6 nitrogen and oxygen atoms in total. The van der Waals surface area contributed by atoms with Crippen LogP contribution in [0.3, 0.4) is 0 Å². The number of nitrogens with zero attached hydrogens (tertiary/aromatic N) is 3. The lowest BCUT2D eigenvalue weighted by atomic mass is 10.2. The molecule has 0 spiro atoms. The van der Waals surface area contributed by atoms with Gasteiger partial charge in [0.2, 0.25) is 5.89 Å². The smallest absolute Gasteiger partial charge is 0.269 e. The topological polar surface area (TPSA) is 81.5 Å². The van der Waals surface area contributed by atoms with Gasteiger partial charge in [0.05, 0.1) is 10.6 Å². The molecule has 0 radical (unpaired) electrons. The van der Waals surface area contributed by atoms with E-state index in [0.717, 1.165) is 33.5 Å². The van der Waals surface area contributed by atoms with E-state index in [9.17, 15) is 10.1 Å². The van der Waals surface area contributed by atoms with Crippen LogP contribution >= 0.6 is 0 Å². The summed E-state index contributed by atoms with van der Waals surface area (Å²) >= 11 is 0. The predicted molar refractivity (Wildman–Crippen MR) is 105 cm³/mol. The lowest BCUT2D eigenvalue weighted by Crippen LogP contribution is -1.88. The molecule has 0 bridgehead atoms. The van der Waals surface area contributed by atoms with Crippen LogP contribution in [0.15, 0.2) is 76.1 Å². The van der Waals surface area contributed by atoms with Crippen molar-refractivity contribution in [2.24, 2.45) is 4.99 Å². The molecule has 0 N–H and O–H groups in total. The van der Waals surface area contributed by atoms with Crippen LogP contribution < -0.4 is 0 Å². The third-order valence-electron chi connectivity index (χ3n) is 4.18. The standard InChI is InChI=1S/C21H15N3O3/c1-14-4-2-7-19-20(14)23-21(27-19)16-5-3-6-17(12-16)22-13-15-8-10-18(11-9-15)24(25)26/h2-13H,1H3. The van der Waals surface area contributed by atoms with Crippen molar-refractivity contribution in [3.05, 3.63) is 88.0 Å². The number of nitro benzene ring substituents is 1. The molecular formula is C21H15N3O3. The molecule has 0 atom stereocenters. The highest BCUT2D eigenvalue weighted by Crippen LogP contribution is 2.28. The lowest BCUT2D eigenvalue weighted by Gasteiger charge is -1.98. The number of rotatable bonds is 4. The first-order chi connectivity index (χ1) is 13.1. The molecule has 1 aromatic heterocycles. The number of nitro groups is 1. The van der Waals surface area contributed by atoms with E-state index in [4.69, 9.17) is 4.42 Å². The van der Waals surface area contributed by atoms with Gasteiger partial charge in [0, 0.05) is 23.9 Å². The number of para-hydroxylation sites is 1. The first-order valence-corrected chi connectivity index (χ1v) is 8.35. The summed E-state index contributed by atoms with van der Waals surface area (Å²) in [6, 6.07) is 19.7. The van der Waals surface area contributed by atoms with Crippen molar-refractivity contribution in [1.29, 1.82) is 0 Å². The van der Waals surface area contributed by atoms with Crippen LogP contribution in [0.5, 0.6) is 0 Å². The molecule has 0 fully saturated rings. The van der Waals surface area contributed by atoms with E-state index in [1.54, 1.807) is 18.3 Å². The van der Waals surface area contributed by atoms with Gasteiger partial charge in [-0.1, -0.05) is 18.2 Å². The van der Waals surface area contributed by atoms with E-state index in [2.05, 4.69) is 9.98 Å². The molecule has 0 aliphatic carbocycles. The van der Waals surface area contributed by atoms with Crippen LogP contribution in [0.4, 0.5) is 11.4 Å². The van der Waals surface area contributed by atoms with Gasteiger partial charge in [0.1, 0.15) is 5.52 Å². The van der Waals surface area contributed by atoms with Crippen LogP contribution in [0.25, 0.3) is 22.6 Å². The van der Waals surface area contributed by atoms with Gasteiger partial charge in [-0.2, -0.15) is 0 Å². The summed E-state index contributed by atoms with van der Waals surface area (Å²) in [6.07, 6.45) is 1.67. The molecular weight excluding hydrogens is 342 g/mol. The summed E-state index contributed by atoms with van der Waals surface area (Å²) in [5.41, 5.74) is 5.09. The van der Waals surface area contributed by atoms with Crippen molar-refractivity contribution < 1.29 is 9.34 Å². The quantitative estimate of drug-likeness (QED) is 0.276. The number of aliphatic imine (C=N–C) groups is 1. The Kier molecular flexibility index (Phi) is 4.22. The zero-order valence-corrected chi connectivity index (χ0v) is 14.5. The van der Waals surface area contributed by atoms with Gasteiger partial charge in [0.25, 0.3) is 5.69 Å². The van der Waals surface area contributed by atoms with E-state index in [1.807, 2.05) is 49.4 Å². The van der Waals surface area contributed by atoms with Gasteiger partial charge in [-0.05, 0) is 54.4 Å². The fraction of sp³-hybridized carbons (Fsp3) is 0.0476. The van der Waals surface area contributed by atoms with Gasteiger partial charge in [-0.3, -0.25) is 15.1 Å². The van der Waals surface area contributed by atoms with E-state index < -0.39 is 4.92 Å². The predicted octanol–water partition coefficient (Wildman–Crippen LogP) is 5.46. The summed E-state index contributed by atoms with van der Waals surface area (Å²) in [5, 5.41) is 10.7. The number of benzene rings is 3. The van der Waals surface area contributed by atoms with Gasteiger partial charge < -0.3 is 4.42 Å². The zero-order valence-electron chi connectivity index (χ0n) is 14.5. The monoisotopic (exact) mass is 357 g/mol. The summed E-state index contributed by atoms with van der Waals surface area (Å²) < 4.78 is 5.86. The fourth-order valence-electron chi connectivity index (χ4n) is 2.76. The molecule has 4 aromatic rings. The number of non-ortho nitro benzene ring substituents is 1. The van der Waals surface area contributed by atoms with Gasteiger partial charge in [-0.25, -0.2) is 4.98 Å². The fourth-order valence-corrected chi connectivity index (χ4v) is 2.76. The Balaban J connectivity index is 1.61. The largest absolute Gasteiger partial charge is 0.436 e. The van der Waals surface area contributed by atoms with Crippen LogP contribution in [-0.2, 0) is 0 Å². The third kappa shape index (κ3) is 3.46. The molecule has 0 amide bonds. The van der Waals surface area contributed by atoms with Crippen molar-refractivity contribution in [3.8, 4) is 11.5 Å². The van der Waals surface area contributed by atoms with Gasteiger partial charge >= 0.3 is 0 Å². The van der Waals surface area contributed by atoms with Crippen LogP contribution in [0, 0.1) is 17.0 Å². The average molecular weight is 357 g/mol. The Labute approximate surface area is 155 Å². The molecule has 6 heteroatoms. The number of oxazole rings is 1. The first kappa shape index (κ1) is 16.7. The van der Waals surface area contributed by atoms with E-state index in [-0.39, 0.29) is 5.69 Å². The number of hydrogen-bond donors (Lipinski definition) is 0. The molecule has 132 valence electrons. The molecule has 27 heavy (non-hydrogen) atoms. The minimum absolute atomic E-state index is 0.0559. The maximum absolute atomic E-state index is 10.7. The third-order valence-corrected chi connectivity index (χ3v) is 4.18. The maximum Gasteiger partial charge on any atom is 0.269 e. The minimum Gasteiger partial charge on any atom is -0.436 e. The normalized spacial score (nSPS) is 11.3. The SMILES string of the molecule is Cc1cccc2oc(-c3cccc(N=Cc4ccc([N+](=O)[O-])cc4)c3)nc12. The van der Waals surface area contributed by atoms with Crippen molar-refractivity contribution in [2.75, 3.05) is 0 Å². The highest BCUT2D eigenvalue weighted by atomic mass is 16.6. The second-order valence-electron chi connectivity index (χ2n) is 6.10. The number of fused-ring (bicyclic) bond motifs is 1. The molecule has 0 saturated carbocycles. The second kappa shape index (κ2) is 6.84. The van der Waals surface area contributed by atoms with Gasteiger partial charge in [-0.15, -0.1) is 0 Å². The molecule has 0 aliphatic heterocycles. The maximum atomic E-state index is 10.7. The Morgan fingerprint density at radius 3 is 2.59 bits per heavy atom. The van der Waals surface area contributed by atoms with Crippen molar-refractivity contribution >= 4 is 28.7 Å². The van der Waals surface area contributed by atoms with E-state index >= 15 is 0 Å². The molecule has 3 aromatic carbocycles. The number of hydrogen-bond acceptors (Lipinski definition) is 5. The molecule has 4 rings (SSSR count). The van der Waals surface area contributed by atoms with Crippen LogP contribution in [-0.4, -0.2) is 16.1 Å². The van der Waals surface area contributed by atoms with Crippen LogP contribution in [0.1, 0.15) is 11.1 Å². The van der Waals surface area contributed by atoms with Crippen molar-refractivity contribution in [3.63, 3.8) is 0 Å². The molecule has 0 saturated heterocycles. The van der Waals surface area contributed by atoms with Crippen molar-refractivity contribution in [2.45, 2.75) is 6.92 Å². The molecule has 1 heterocycles. The van der Waals surface area contributed by atoms with E-state index in [1.165, 1.54) is 12.1 Å². The highest BCUT2D eigenvalue weighted by Gasteiger charge is 2.10. The summed E-state index contributed by atoms with van der Waals surface area (Å²) in [5.74, 6) is 0.548. The Hall–Kier alpha value is -3.80. The van der Waals surface area contributed by atoms with Crippen molar-refractivity contribution in [1.82, 2.24) is 4.98 Å². The van der Waals surface area contributed by atoms with E-state index in [0.29, 0.717) is 5.89 Å².